The minimum atomic E-state index is -0.220. The van der Waals surface area contributed by atoms with Crippen LogP contribution in [0, 0.1) is 0 Å². The third-order valence-corrected chi connectivity index (χ3v) is 3.87. The molecule has 2 saturated heterocycles. The zero-order chi connectivity index (χ0) is 12.4. The monoisotopic (exact) mass is 249 g/mol. The van der Waals surface area contributed by atoms with E-state index in [0.717, 1.165) is 50.9 Å². The molecule has 2 aliphatic heterocycles. The molecule has 18 heavy (non-hydrogen) atoms. The number of nitrogens with zero attached hydrogens (tertiary/aromatic N) is 2. The molecule has 1 amide bonds. The number of aromatic nitrogens is 2. The van der Waals surface area contributed by atoms with Gasteiger partial charge in [0.15, 0.2) is 0 Å². The summed E-state index contributed by atoms with van der Waals surface area (Å²) in [5.41, 5.74) is 1.04. The highest BCUT2D eigenvalue weighted by Gasteiger charge is 2.35. The number of carbonyl (C=O) groups is 1. The molecule has 98 valence electrons. The summed E-state index contributed by atoms with van der Waals surface area (Å²) in [4.78, 5) is 14.4. The lowest BCUT2D eigenvalue weighted by atomic mass is 10.1. The summed E-state index contributed by atoms with van der Waals surface area (Å²) in [5, 5.41) is 6.96. The first-order valence-corrected chi connectivity index (χ1v) is 6.77. The normalized spacial score (nSPS) is 28.6. The van der Waals surface area contributed by atoms with Gasteiger partial charge in [-0.2, -0.15) is 5.10 Å². The van der Waals surface area contributed by atoms with Crippen molar-refractivity contribution < 1.29 is 9.53 Å². The first-order valence-electron chi connectivity index (χ1n) is 6.77. The quantitative estimate of drug-likeness (QED) is 0.867. The van der Waals surface area contributed by atoms with Crippen molar-refractivity contribution in [2.75, 3.05) is 13.2 Å². The standard InChI is InChI=1S/C13H19N3O2/c17-13(12-5-1-2-9-18-12)16-8-3-4-11(16)10-6-7-14-15-10/h6-7,11-12H,1-5,8-9H2,(H,14,15)/t11-,12+/m0/s1. The van der Waals surface area contributed by atoms with Crippen LogP contribution in [-0.2, 0) is 9.53 Å². The Labute approximate surface area is 107 Å². The molecule has 1 aromatic rings. The third-order valence-electron chi connectivity index (χ3n) is 3.87. The highest BCUT2D eigenvalue weighted by atomic mass is 16.5. The predicted octanol–water partition coefficient (Wildman–Crippen LogP) is 1.64. The molecule has 2 atom stereocenters. The van der Waals surface area contributed by atoms with E-state index < -0.39 is 0 Å². The van der Waals surface area contributed by atoms with E-state index in [1.807, 2.05) is 11.0 Å². The third kappa shape index (κ3) is 2.14. The molecule has 0 unspecified atom stereocenters. The molecule has 0 bridgehead atoms. The number of likely N-dealkylation sites (tertiary alicyclic amines) is 1. The van der Waals surface area contributed by atoms with E-state index in [1.54, 1.807) is 6.20 Å². The predicted molar refractivity (Wildman–Crippen MR) is 65.9 cm³/mol. The summed E-state index contributed by atoms with van der Waals surface area (Å²) in [6.45, 7) is 1.56. The number of carbonyl (C=O) groups excluding carboxylic acids is 1. The zero-order valence-electron chi connectivity index (χ0n) is 10.5. The Morgan fingerprint density at radius 1 is 1.39 bits per heavy atom. The first kappa shape index (κ1) is 11.7. The van der Waals surface area contributed by atoms with Crippen LogP contribution in [0.1, 0.15) is 43.8 Å². The van der Waals surface area contributed by atoms with E-state index in [0.29, 0.717) is 0 Å². The fourth-order valence-corrected chi connectivity index (χ4v) is 2.93. The number of rotatable bonds is 2. The maximum Gasteiger partial charge on any atom is 0.252 e. The van der Waals surface area contributed by atoms with Crippen LogP contribution in [0.2, 0.25) is 0 Å². The number of hydrogen-bond donors (Lipinski definition) is 1. The largest absolute Gasteiger partial charge is 0.368 e. The second kappa shape index (κ2) is 5.10. The van der Waals surface area contributed by atoms with Gasteiger partial charge < -0.3 is 9.64 Å². The number of H-pyrrole nitrogens is 1. The molecular formula is C13H19N3O2. The maximum atomic E-state index is 12.5. The fraction of sp³-hybridized carbons (Fsp3) is 0.692. The molecule has 3 rings (SSSR count). The molecule has 0 aromatic carbocycles. The smallest absolute Gasteiger partial charge is 0.252 e. The van der Waals surface area contributed by atoms with Crippen molar-refractivity contribution in [2.45, 2.75) is 44.2 Å². The van der Waals surface area contributed by atoms with Gasteiger partial charge >= 0.3 is 0 Å². The Hall–Kier alpha value is -1.36. The Kier molecular flexibility index (Phi) is 3.32. The lowest BCUT2D eigenvalue weighted by molar-refractivity contribution is -0.147. The van der Waals surface area contributed by atoms with Crippen LogP contribution in [0.3, 0.4) is 0 Å². The number of nitrogens with one attached hydrogen (secondary N) is 1. The molecule has 2 fully saturated rings. The van der Waals surface area contributed by atoms with Crippen LogP contribution < -0.4 is 0 Å². The first-order chi connectivity index (χ1) is 8.86. The molecule has 5 heteroatoms. The number of ether oxygens (including phenoxy) is 1. The van der Waals surface area contributed by atoms with Gasteiger partial charge in [0.2, 0.25) is 0 Å². The van der Waals surface area contributed by atoms with Crippen molar-refractivity contribution in [3.63, 3.8) is 0 Å². The Morgan fingerprint density at radius 2 is 2.33 bits per heavy atom. The van der Waals surface area contributed by atoms with E-state index >= 15 is 0 Å². The van der Waals surface area contributed by atoms with Gasteiger partial charge in [0.1, 0.15) is 6.10 Å². The lowest BCUT2D eigenvalue weighted by Gasteiger charge is -2.30. The Morgan fingerprint density at radius 3 is 3.06 bits per heavy atom. The summed E-state index contributed by atoms with van der Waals surface area (Å²) in [6, 6.07) is 2.11. The minimum Gasteiger partial charge on any atom is -0.368 e. The molecular weight excluding hydrogens is 230 g/mol. The van der Waals surface area contributed by atoms with E-state index in [1.165, 1.54) is 0 Å². The zero-order valence-corrected chi connectivity index (χ0v) is 10.5. The lowest BCUT2D eigenvalue weighted by Crippen LogP contribution is -2.41. The van der Waals surface area contributed by atoms with Gasteiger partial charge in [-0.3, -0.25) is 9.89 Å². The SMILES string of the molecule is O=C([C@H]1CCCCO1)N1CCC[C@H]1c1ccn[nH]1. The summed E-state index contributed by atoms with van der Waals surface area (Å²) in [6.07, 6.45) is 6.64. The van der Waals surface area contributed by atoms with Gasteiger partial charge in [0.05, 0.1) is 11.7 Å². The summed E-state index contributed by atoms with van der Waals surface area (Å²) in [5.74, 6) is 0.159. The van der Waals surface area contributed by atoms with Gasteiger partial charge in [0, 0.05) is 19.3 Å². The van der Waals surface area contributed by atoms with Crippen LogP contribution in [0.15, 0.2) is 12.3 Å². The van der Waals surface area contributed by atoms with Gasteiger partial charge in [-0.15, -0.1) is 0 Å². The Bertz CT molecular complexity index is 398. The van der Waals surface area contributed by atoms with Crippen LogP contribution in [0.25, 0.3) is 0 Å². The molecule has 3 heterocycles. The highest BCUT2D eigenvalue weighted by Crippen LogP contribution is 2.32. The highest BCUT2D eigenvalue weighted by molar-refractivity contribution is 5.81. The molecule has 5 nitrogen and oxygen atoms in total. The van der Waals surface area contributed by atoms with Crippen molar-refractivity contribution in [2.24, 2.45) is 0 Å². The average molecular weight is 249 g/mol. The summed E-state index contributed by atoms with van der Waals surface area (Å²) < 4.78 is 5.60. The summed E-state index contributed by atoms with van der Waals surface area (Å²) >= 11 is 0. The van der Waals surface area contributed by atoms with Gasteiger partial charge in [-0.25, -0.2) is 0 Å². The molecule has 1 N–H and O–H groups in total. The second-order valence-corrected chi connectivity index (χ2v) is 5.06. The van der Waals surface area contributed by atoms with Crippen molar-refractivity contribution in [1.29, 1.82) is 0 Å². The molecule has 0 radical (unpaired) electrons. The second-order valence-electron chi connectivity index (χ2n) is 5.06. The molecule has 0 saturated carbocycles. The average Bonchev–Trinajstić information content (AvgIpc) is 3.09. The van der Waals surface area contributed by atoms with E-state index in [2.05, 4.69) is 10.2 Å². The summed E-state index contributed by atoms with van der Waals surface area (Å²) in [7, 11) is 0. The van der Waals surface area contributed by atoms with E-state index in [4.69, 9.17) is 4.74 Å². The van der Waals surface area contributed by atoms with E-state index in [-0.39, 0.29) is 18.1 Å². The molecule has 1 aromatic heterocycles. The van der Waals surface area contributed by atoms with Crippen LogP contribution >= 0.6 is 0 Å². The minimum absolute atomic E-state index is 0.158. The van der Waals surface area contributed by atoms with Crippen molar-refractivity contribution in [1.82, 2.24) is 15.1 Å². The maximum absolute atomic E-state index is 12.5. The topological polar surface area (TPSA) is 58.2 Å². The molecule has 0 aliphatic carbocycles. The number of aromatic amines is 1. The van der Waals surface area contributed by atoms with E-state index in [9.17, 15) is 4.79 Å². The van der Waals surface area contributed by atoms with Crippen molar-refractivity contribution in [3.8, 4) is 0 Å². The van der Waals surface area contributed by atoms with Gasteiger partial charge in [-0.1, -0.05) is 0 Å². The number of hydrogen-bond acceptors (Lipinski definition) is 3. The fourth-order valence-electron chi connectivity index (χ4n) is 2.93. The van der Waals surface area contributed by atoms with Gasteiger partial charge in [0.25, 0.3) is 5.91 Å². The van der Waals surface area contributed by atoms with Crippen LogP contribution in [-0.4, -0.2) is 40.3 Å². The van der Waals surface area contributed by atoms with Crippen LogP contribution in [0.4, 0.5) is 0 Å². The van der Waals surface area contributed by atoms with Gasteiger partial charge in [-0.05, 0) is 38.2 Å². The van der Waals surface area contributed by atoms with Crippen molar-refractivity contribution in [3.05, 3.63) is 18.0 Å². The number of amides is 1. The van der Waals surface area contributed by atoms with Crippen LogP contribution in [0.5, 0.6) is 0 Å². The Balaban J connectivity index is 1.72. The molecule has 0 spiro atoms. The van der Waals surface area contributed by atoms with Crippen molar-refractivity contribution >= 4 is 5.91 Å². The molecule has 2 aliphatic rings.